The van der Waals surface area contributed by atoms with Crippen LogP contribution in [-0.4, -0.2) is 0 Å². The fraction of sp³-hybridized carbons (Fsp3) is 0.241. The minimum atomic E-state index is -0.312. The third-order valence-electron chi connectivity index (χ3n) is 6.27. The van der Waals surface area contributed by atoms with Gasteiger partial charge in [-0.3, -0.25) is 0 Å². The zero-order valence-corrected chi connectivity index (χ0v) is 17.6. The van der Waals surface area contributed by atoms with Gasteiger partial charge in [0.05, 0.1) is 5.41 Å². The van der Waals surface area contributed by atoms with Crippen LogP contribution in [-0.2, 0) is 5.41 Å². The average Bonchev–Trinajstić information content (AvgIpc) is 2.90. The van der Waals surface area contributed by atoms with Crippen molar-refractivity contribution in [1.82, 2.24) is 0 Å². The standard InChI is InChI=1S/C29H30/c1-4-6-17-25-26-20-18-22(3)19-21-28(26)29(27(25)5-2,23-13-9-7-10-14-23)24-15-11-8-12-16-24/h5-17,20-22H,2,4,18-19H2,1,3H3/b17-6-. The van der Waals surface area contributed by atoms with E-state index in [0.717, 1.165) is 19.3 Å². The van der Waals surface area contributed by atoms with E-state index >= 15 is 0 Å². The predicted molar refractivity (Wildman–Crippen MR) is 125 cm³/mol. The van der Waals surface area contributed by atoms with Crippen molar-refractivity contribution in [3.05, 3.63) is 131 Å². The van der Waals surface area contributed by atoms with Crippen LogP contribution in [0, 0.1) is 5.92 Å². The van der Waals surface area contributed by atoms with Crippen LogP contribution in [0.5, 0.6) is 0 Å². The van der Waals surface area contributed by atoms with Crippen LogP contribution in [0.3, 0.4) is 0 Å². The van der Waals surface area contributed by atoms with Crippen LogP contribution < -0.4 is 0 Å². The second kappa shape index (κ2) is 8.25. The summed E-state index contributed by atoms with van der Waals surface area (Å²) < 4.78 is 0. The highest BCUT2D eigenvalue weighted by Gasteiger charge is 2.48. The second-order valence-electron chi connectivity index (χ2n) is 8.14. The molecule has 0 aliphatic heterocycles. The quantitative estimate of drug-likeness (QED) is 0.499. The molecule has 2 aliphatic carbocycles. The fourth-order valence-corrected chi connectivity index (χ4v) is 4.90. The van der Waals surface area contributed by atoms with Gasteiger partial charge >= 0.3 is 0 Å². The van der Waals surface area contributed by atoms with Gasteiger partial charge in [0, 0.05) is 0 Å². The number of hydrogen-bond donors (Lipinski definition) is 0. The fourth-order valence-electron chi connectivity index (χ4n) is 4.90. The first kappa shape index (κ1) is 19.5. The lowest BCUT2D eigenvalue weighted by molar-refractivity contribution is 0.603. The SMILES string of the molecule is C=CC1=C(/C=C\CC)C2=CCC(C)CC=C2C1(c1ccccc1)c1ccccc1. The molecule has 1 unspecified atom stereocenters. The van der Waals surface area contributed by atoms with Crippen LogP contribution in [0.15, 0.2) is 120 Å². The molecule has 0 heteroatoms. The summed E-state index contributed by atoms with van der Waals surface area (Å²) in [7, 11) is 0. The lowest BCUT2D eigenvalue weighted by Crippen LogP contribution is -2.29. The lowest BCUT2D eigenvalue weighted by atomic mass is 9.66. The maximum absolute atomic E-state index is 4.30. The Morgan fingerprint density at radius 3 is 2.07 bits per heavy atom. The van der Waals surface area contributed by atoms with Crippen molar-refractivity contribution < 1.29 is 0 Å². The van der Waals surface area contributed by atoms with Gasteiger partial charge in [-0.25, -0.2) is 0 Å². The normalized spacial score (nSPS) is 20.8. The summed E-state index contributed by atoms with van der Waals surface area (Å²) >= 11 is 0. The number of hydrogen-bond acceptors (Lipinski definition) is 0. The molecule has 0 amide bonds. The van der Waals surface area contributed by atoms with Gasteiger partial charge in [-0.15, -0.1) is 0 Å². The van der Waals surface area contributed by atoms with Gasteiger partial charge in [0.1, 0.15) is 0 Å². The van der Waals surface area contributed by atoms with E-state index in [0.29, 0.717) is 5.92 Å². The Balaban J connectivity index is 2.13. The Kier molecular flexibility index (Phi) is 5.53. The zero-order valence-electron chi connectivity index (χ0n) is 17.6. The topological polar surface area (TPSA) is 0 Å². The molecule has 2 aromatic carbocycles. The van der Waals surface area contributed by atoms with Gasteiger partial charge in [-0.05, 0) is 58.6 Å². The summed E-state index contributed by atoms with van der Waals surface area (Å²) in [6, 6.07) is 21.9. The molecule has 1 atom stereocenters. The summed E-state index contributed by atoms with van der Waals surface area (Å²) in [5, 5.41) is 0. The van der Waals surface area contributed by atoms with Gasteiger partial charge in [0.25, 0.3) is 0 Å². The molecule has 0 bridgehead atoms. The van der Waals surface area contributed by atoms with Crippen molar-refractivity contribution in [1.29, 1.82) is 0 Å². The van der Waals surface area contributed by atoms with Crippen molar-refractivity contribution in [2.24, 2.45) is 5.92 Å². The molecule has 2 aromatic rings. The van der Waals surface area contributed by atoms with Gasteiger partial charge in [0.15, 0.2) is 0 Å². The minimum absolute atomic E-state index is 0.312. The molecule has 0 N–H and O–H groups in total. The van der Waals surface area contributed by atoms with E-state index in [1.165, 1.54) is 33.4 Å². The molecule has 0 aromatic heterocycles. The summed E-state index contributed by atoms with van der Waals surface area (Å²) in [6.45, 7) is 8.84. The number of fused-ring (bicyclic) bond motifs is 1. The van der Waals surface area contributed by atoms with Crippen molar-refractivity contribution in [3.8, 4) is 0 Å². The first-order valence-corrected chi connectivity index (χ1v) is 10.8. The highest BCUT2D eigenvalue weighted by atomic mass is 14.5. The molecule has 2 aliphatic rings. The largest absolute Gasteiger partial charge is 0.0987 e. The second-order valence-corrected chi connectivity index (χ2v) is 8.14. The molecule has 0 radical (unpaired) electrons. The zero-order chi connectivity index (χ0) is 20.3. The van der Waals surface area contributed by atoms with E-state index in [1.807, 2.05) is 0 Å². The molecule has 0 fully saturated rings. The van der Waals surface area contributed by atoms with Gasteiger partial charge in [0.2, 0.25) is 0 Å². The van der Waals surface area contributed by atoms with Crippen LogP contribution in [0.4, 0.5) is 0 Å². The Morgan fingerprint density at radius 1 is 0.931 bits per heavy atom. The molecule has 146 valence electrons. The monoisotopic (exact) mass is 378 g/mol. The molecular weight excluding hydrogens is 348 g/mol. The van der Waals surface area contributed by atoms with Crippen molar-refractivity contribution in [2.75, 3.05) is 0 Å². The molecule has 0 spiro atoms. The molecule has 0 heterocycles. The lowest BCUT2D eigenvalue weighted by Gasteiger charge is -2.35. The van der Waals surface area contributed by atoms with E-state index < -0.39 is 0 Å². The summed E-state index contributed by atoms with van der Waals surface area (Å²) in [5.74, 6) is 0.661. The smallest absolute Gasteiger partial charge is 0.0710 e. The van der Waals surface area contributed by atoms with Gasteiger partial charge in [-0.1, -0.05) is 111 Å². The minimum Gasteiger partial charge on any atom is -0.0987 e. The average molecular weight is 379 g/mol. The molecule has 29 heavy (non-hydrogen) atoms. The van der Waals surface area contributed by atoms with Crippen LogP contribution in [0.1, 0.15) is 44.2 Å². The first-order valence-electron chi connectivity index (χ1n) is 10.8. The molecule has 0 saturated carbocycles. The molecular formula is C29H30. The van der Waals surface area contributed by atoms with Crippen LogP contribution in [0.2, 0.25) is 0 Å². The predicted octanol–water partition coefficient (Wildman–Crippen LogP) is 7.72. The summed E-state index contributed by atoms with van der Waals surface area (Å²) in [4.78, 5) is 0. The van der Waals surface area contributed by atoms with Crippen LogP contribution >= 0.6 is 0 Å². The van der Waals surface area contributed by atoms with E-state index in [1.54, 1.807) is 0 Å². The Bertz CT molecular complexity index is 957. The van der Waals surface area contributed by atoms with E-state index in [-0.39, 0.29) is 5.41 Å². The Labute approximate surface area is 175 Å². The van der Waals surface area contributed by atoms with Crippen molar-refractivity contribution >= 4 is 0 Å². The number of benzene rings is 2. The Morgan fingerprint density at radius 2 is 1.52 bits per heavy atom. The highest BCUT2D eigenvalue weighted by molar-refractivity contribution is 5.78. The molecule has 0 nitrogen and oxygen atoms in total. The third-order valence-corrected chi connectivity index (χ3v) is 6.27. The van der Waals surface area contributed by atoms with Crippen molar-refractivity contribution in [2.45, 2.75) is 38.5 Å². The summed E-state index contributed by atoms with van der Waals surface area (Å²) in [6.07, 6.45) is 14.9. The van der Waals surface area contributed by atoms with E-state index in [2.05, 4.69) is 111 Å². The maximum Gasteiger partial charge on any atom is 0.0710 e. The maximum atomic E-state index is 4.30. The highest BCUT2D eigenvalue weighted by Crippen LogP contribution is 2.57. The van der Waals surface area contributed by atoms with Gasteiger partial charge < -0.3 is 0 Å². The van der Waals surface area contributed by atoms with Crippen LogP contribution in [0.25, 0.3) is 0 Å². The number of rotatable bonds is 5. The first-order chi connectivity index (χ1) is 14.2. The van der Waals surface area contributed by atoms with E-state index in [9.17, 15) is 0 Å². The third kappa shape index (κ3) is 3.17. The molecule has 4 rings (SSSR count). The van der Waals surface area contributed by atoms with E-state index in [4.69, 9.17) is 0 Å². The number of allylic oxidation sites excluding steroid dienone is 9. The van der Waals surface area contributed by atoms with Gasteiger partial charge in [-0.2, -0.15) is 0 Å². The van der Waals surface area contributed by atoms with Crippen molar-refractivity contribution in [3.63, 3.8) is 0 Å². The molecule has 0 saturated heterocycles. The summed E-state index contributed by atoms with van der Waals surface area (Å²) in [5.41, 5.74) is 7.75. The Hall–Kier alpha value is -2.86.